The van der Waals surface area contributed by atoms with Gasteiger partial charge in [-0.25, -0.2) is 13.4 Å². The summed E-state index contributed by atoms with van der Waals surface area (Å²) < 4.78 is 34.4. The Morgan fingerprint density at radius 1 is 1.25 bits per heavy atom. The van der Waals surface area contributed by atoms with Crippen molar-refractivity contribution in [1.82, 2.24) is 4.98 Å². The molecule has 1 heterocycles. The highest BCUT2D eigenvalue weighted by atomic mass is 32.2. The molecular weight excluding hydrogens is 388 g/mol. The van der Waals surface area contributed by atoms with Crippen molar-refractivity contribution in [2.24, 2.45) is 0 Å². The third-order valence-electron chi connectivity index (χ3n) is 4.01. The molecule has 0 unspecified atom stereocenters. The Morgan fingerprint density at radius 2 is 2.00 bits per heavy atom. The summed E-state index contributed by atoms with van der Waals surface area (Å²) in [7, 11) is -2.12. The predicted octanol–water partition coefficient (Wildman–Crippen LogP) is 2.78. The number of hydrogen-bond donors (Lipinski definition) is 0. The Morgan fingerprint density at radius 3 is 2.64 bits per heavy atom. The van der Waals surface area contributed by atoms with Crippen LogP contribution in [0.1, 0.15) is 18.4 Å². The van der Waals surface area contributed by atoms with Crippen LogP contribution in [-0.2, 0) is 9.84 Å². The van der Waals surface area contributed by atoms with Crippen molar-refractivity contribution in [3.63, 3.8) is 0 Å². The van der Waals surface area contributed by atoms with E-state index in [4.69, 9.17) is 9.15 Å². The quantitative estimate of drug-likeness (QED) is 0.453. The minimum absolute atomic E-state index is 0.0283. The van der Waals surface area contributed by atoms with Crippen LogP contribution in [0.2, 0.25) is 0 Å². The number of nitro groups is 1. The summed E-state index contributed by atoms with van der Waals surface area (Å²) >= 11 is 0. The van der Waals surface area contributed by atoms with Gasteiger partial charge in [-0.05, 0) is 35.9 Å². The summed E-state index contributed by atoms with van der Waals surface area (Å²) in [5.74, 6) is -0.815. The Labute approximate surface area is 160 Å². The van der Waals surface area contributed by atoms with Crippen LogP contribution in [0.15, 0.2) is 39.6 Å². The minimum atomic E-state index is -3.37. The molecule has 146 valence electrons. The molecule has 0 atom stereocenters. The fourth-order valence-corrected chi connectivity index (χ4v) is 3.42. The molecule has 0 saturated heterocycles. The van der Waals surface area contributed by atoms with E-state index >= 15 is 0 Å². The number of rotatable bonds is 6. The number of methoxy groups -OCH3 is 1. The highest BCUT2D eigenvalue weighted by molar-refractivity contribution is 7.91. The first-order chi connectivity index (χ1) is 13.2. The van der Waals surface area contributed by atoms with Crippen molar-refractivity contribution in [2.45, 2.75) is 11.8 Å². The van der Waals surface area contributed by atoms with Crippen molar-refractivity contribution in [3.8, 4) is 11.5 Å². The van der Waals surface area contributed by atoms with Crippen LogP contribution in [0.4, 0.5) is 5.69 Å². The summed E-state index contributed by atoms with van der Waals surface area (Å²) in [6, 6.07) is 6.87. The van der Waals surface area contributed by atoms with E-state index in [0.717, 1.165) is 6.07 Å². The highest BCUT2D eigenvalue weighted by Gasteiger charge is 2.15. The van der Waals surface area contributed by atoms with E-state index in [0.29, 0.717) is 16.7 Å². The second-order valence-corrected chi connectivity index (χ2v) is 8.03. The molecule has 1 aromatic heterocycles. The molecule has 0 aliphatic carbocycles. The fraction of sp³-hybridized carbons (Fsp3) is 0.167. The second kappa shape index (κ2) is 7.31. The SMILES string of the molecule is CCS(=O)(=O)c1ccc2oc(/C=C/c3cc(OC)c([O-])c([N+](=O)[O-])c3)nc2c1. The maximum Gasteiger partial charge on any atom is 0.266 e. The molecule has 0 aliphatic heterocycles. The maximum absolute atomic E-state index is 12.0. The molecule has 3 aromatic rings. The molecule has 0 aliphatic rings. The molecule has 10 heteroatoms. The van der Waals surface area contributed by atoms with E-state index in [1.807, 2.05) is 0 Å². The number of sulfone groups is 1. The summed E-state index contributed by atoms with van der Waals surface area (Å²) in [4.78, 5) is 14.6. The van der Waals surface area contributed by atoms with Gasteiger partial charge < -0.3 is 14.3 Å². The van der Waals surface area contributed by atoms with Crippen molar-refractivity contribution >= 4 is 38.8 Å². The van der Waals surface area contributed by atoms with Crippen LogP contribution < -0.4 is 9.84 Å². The van der Waals surface area contributed by atoms with Crippen molar-refractivity contribution in [3.05, 3.63) is 51.9 Å². The molecular formula is C18H15N2O7S-. The number of ether oxygens (including phenoxy) is 1. The first-order valence-electron chi connectivity index (χ1n) is 8.10. The smallest absolute Gasteiger partial charge is 0.266 e. The Kier molecular flexibility index (Phi) is 5.06. The van der Waals surface area contributed by atoms with Gasteiger partial charge in [0, 0.05) is 17.9 Å². The zero-order valence-corrected chi connectivity index (χ0v) is 15.7. The third kappa shape index (κ3) is 3.67. The van der Waals surface area contributed by atoms with E-state index in [2.05, 4.69) is 4.98 Å². The standard InChI is InChI=1S/C18H16N2O7S/c1-3-28(24,25)12-5-6-15-13(10-12)19-17(27-15)7-4-11-8-14(20(22)23)18(21)16(9-11)26-2/h4-10,21H,3H2,1-2H3/p-1/b7-4+. The minimum Gasteiger partial charge on any atom is -0.865 e. The van der Waals surface area contributed by atoms with Gasteiger partial charge in [0.1, 0.15) is 11.3 Å². The van der Waals surface area contributed by atoms with Gasteiger partial charge in [0.25, 0.3) is 5.69 Å². The van der Waals surface area contributed by atoms with Crippen molar-refractivity contribution < 1.29 is 27.6 Å². The number of hydrogen-bond acceptors (Lipinski definition) is 8. The normalized spacial score (nSPS) is 11.9. The number of nitrogens with zero attached hydrogens (tertiary/aromatic N) is 2. The molecule has 3 rings (SSSR count). The summed E-state index contributed by atoms with van der Waals surface area (Å²) in [5.41, 5.74) is 0.506. The molecule has 0 saturated carbocycles. The number of nitro benzene ring substituents is 1. The van der Waals surface area contributed by atoms with Gasteiger partial charge in [-0.15, -0.1) is 0 Å². The van der Waals surface area contributed by atoms with Gasteiger partial charge >= 0.3 is 0 Å². The molecule has 2 aromatic carbocycles. The van der Waals surface area contributed by atoms with Gasteiger partial charge in [0.05, 0.1) is 22.7 Å². The Balaban J connectivity index is 1.97. The highest BCUT2D eigenvalue weighted by Crippen LogP contribution is 2.35. The van der Waals surface area contributed by atoms with Crippen molar-refractivity contribution in [1.29, 1.82) is 0 Å². The number of aromatic nitrogens is 1. The third-order valence-corrected chi connectivity index (χ3v) is 5.74. The second-order valence-electron chi connectivity index (χ2n) is 5.75. The number of fused-ring (bicyclic) bond motifs is 1. The van der Waals surface area contributed by atoms with Gasteiger partial charge in [-0.2, -0.15) is 0 Å². The first-order valence-corrected chi connectivity index (χ1v) is 9.75. The summed E-state index contributed by atoms with van der Waals surface area (Å²) in [6.45, 7) is 1.55. The Hall–Kier alpha value is -3.40. The summed E-state index contributed by atoms with van der Waals surface area (Å²) in [5, 5.41) is 22.9. The van der Waals surface area contributed by atoms with Gasteiger partial charge in [-0.1, -0.05) is 6.92 Å². The van der Waals surface area contributed by atoms with E-state index in [1.165, 1.54) is 43.5 Å². The monoisotopic (exact) mass is 403 g/mol. The first kappa shape index (κ1) is 19.4. The van der Waals surface area contributed by atoms with Crippen LogP contribution in [0.5, 0.6) is 11.5 Å². The molecule has 9 nitrogen and oxygen atoms in total. The topological polar surface area (TPSA) is 136 Å². The zero-order chi connectivity index (χ0) is 20.5. The predicted molar refractivity (Wildman–Crippen MR) is 99.8 cm³/mol. The van der Waals surface area contributed by atoms with E-state index < -0.39 is 26.2 Å². The average Bonchev–Trinajstić information content (AvgIpc) is 3.09. The zero-order valence-electron chi connectivity index (χ0n) is 14.9. The van der Waals surface area contributed by atoms with Crippen LogP contribution in [0.3, 0.4) is 0 Å². The molecule has 0 fully saturated rings. The molecule has 28 heavy (non-hydrogen) atoms. The van der Waals surface area contributed by atoms with Crippen LogP contribution in [0, 0.1) is 10.1 Å². The van der Waals surface area contributed by atoms with Gasteiger partial charge in [-0.3, -0.25) is 10.1 Å². The van der Waals surface area contributed by atoms with Crippen molar-refractivity contribution in [2.75, 3.05) is 12.9 Å². The lowest BCUT2D eigenvalue weighted by Crippen LogP contribution is -2.03. The number of benzene rings is 2. The molecule has 0 spiro atoms. The molecule has 0 amide bonds. The lowest BCUT2D eigenvalue weighted by atomic mass is 10.1. The van der Waals surface area contributed by atoms with E-state index in [1.54, 1.807) is 6.92 Å². The molecule has 0 N–H and O–H groups in total. The number of oxazole rings is 1. The van der Waals surface area contributed by atoms with Crippen LogP contribution >= 0.6 is 0 Å². The fourth-order valence-electron chi connectivity index (χ4n) is 2.52. The average molecular weight is 403 g/mol. The van der Waals surface area contributed by atoms with E-state index in [-0.39, 0.29) is 22.3 Å². The lowest BCUT2D eigenvalue weighted by molar-refractivity contribution is -0.398. The maximum atomic E-state index is 12.0. The van der Waals surface area contributed by atoms with Gasteiger partial charge in [0.2, 0.25) is 5.89 Å². The lowest BCUT2D eigenvalue weighted by Gasteiger charge is -2.13. The molecule has 0 radical (unpaired) electrons. The van der Waals surface area contributed by atoms with E-state index in [9.17, 15) is 23.6 Å². The molecule has 0 bridgehead atoms. The summed E-state index contributed by atoms with van der Waals surface area (Å²) in [6.07, 6.45) is 2.93. The largest absolute Gasteiger partial charge is 0.865 e. The Bertz CT molecular complexity index is 1200. The van der Waals surface area contributed by atoms with Gasteiger partial charge in [0.15, 0.2) is 15.4 Å². The van der Waals surface area contributed by atoms with Crippen LogP contribution in [-0.4, -0.2) is 31.2 Å². The van der Waals surface area contributed by atoms with Crippen LogP contribution in [0.25, 0.3) is 23.3 Å².